The number of carbonyl (C=O) groups is 1. The first-order valence-electron chi connectivity index (χ1n) is 8.01. The molecule has 0 amide bonds. The van der Waals surface area contributed by atoms with E-state index in [-0.39, 0.29) is 11.6 Å². The van der Waals surface area contributed by atoms with Crippen molar-refractivity contribution in [3.05, 3.63) is 77.7 Å². The molecule has 2 heterocycles. The number of benzene rings is 1. The summed E-state index contributed by atoms with van der Waals surface area (Å²) < 4.78 is 0. The number of carboxylic acid groups (broad SMARTS) is 1. The summed E-state index contributed by atoms with van der Waals surface area (Å²) in [6, 6.07) is 12.9. The van der Waals surface area contributed by atoms with Crippen LogP contribution in [0.25, 0.3) is 11.3 Å². The van der Waals surface area contributed by atoms with Crippen LogP contribution in [0.5, 0.6) is 0 Å². The van der Waals surface area contributed by atoms with Crippen molar-refractivity contribution in [1.29, 1.82) is 0 Å². The highest BCUT2D eigenvalue weighted by molar-refractivity contribution is 5.89. The van der Waals surface area contributed by atoms with Gasteiger partial charge in [0, 0.05) is 29.8 Å². The molecular formula is C20H19N3O2. The van der Waals surface area contributed by atoms with E-state index in [4.69, 9.17) is 5.11 Å². The number of hydrogen-bond donors (Lipinski definition) is 2. The Labute approximate surface area is 146 Å². The highest BCUT2D eigenvalue weighted by Crippen LogP contribution is 2.25. The lowest BCUT2D eigenvalue weighted by Gasteiger charge is -2.18. The topological polar surface area (TPSA) is 75.1 Å². The number of rotatable bonds is 5. The SMILES string of the molecule is Cc1ccc(C(=O)O)cc1NC(C)c1cncc(-c2ccccn2)c1. The highest BCUT2D eigenvalue weighted by atomic mass is 16.4. The van der Waals surface area contributed by atoms with Gasteiger partial charge in [0.25, 0.3) is 0 Å². The van der Waals surface area contributed by atoms with E-state index >= 15 is 0 Å². The molecule has 1 atom stereocenters. The van der Waals surface area contributed by atoms with Gasteiger partial charge in [0.2, 0.25) is 0 Å². The maximum atomic E-state index is 11.2. The molecule has 1 aromatic carbocycles. The predicted octanol–water partition coefficient (Wildman–Crippen LogP) is 4.32. The molecule has 25 heavy (non-hydrogen) atoms. The zero-order chi connectivity index (χ0) is 17.8. The van der Waals surface area contributed by atoms with Crippen molar-refractivity contribution in [3.8, 4) is 11.3 Å². The van der Waals surface area contributed by atoms with Crippen LogP contribution in [0.2, 0.25) is 0 Å². The van der Waals surface area contributed by atoms with E-state index in [1.807, 2.05) is 38.1 Å². The van der Waals surface area contributed by atoms with Gasteiger partial charge in [-0.25, -0.2) is 4.79 Å². The normalized spacial score (nSPS) is 11.8. The molecule has 3 aromatic rings. The summed E-state index contributed by atoms with van der Waals surface area (Å²) in [7, 11) is 0. The lowest BCUT2D eigenvalue weighted by molar-refractivity contribution is 0.0697. The molecule has 0 spiro atoms. The highest BCUT2D eigenvalue weighted by Gasteiger charge is 2.11. The molecule has 0 fully saturated rings. The van der Waals surface area contributed by atoms with Gasteiger partial charge in [-0.15, -0.1) is 0 Å². The van der Waals surface area contributed by atoms with Crippen LogP contribution in [0, 0.1) is 6.92 Å². The van der Waals surface area contributed by atoms with E-state index in [0.29, 0.717) is 0 Å². The Bertz CT molecular complexity index is 894. The van der Waals surface area contributed by atoms with Gasteiger partial charge in [0.05, 0.1) is 17.3 Å². The van der Waals surface area contributed by atoms with Crippen LogP contribution < -0.4 is 5.32 Å². The molecule has 2 N–H and O–H groups in total. The third-order valence-electron chi connectivity index (χ3n) is 4.08. The Kier molecular flexibility index (Phi) is 4.75. The van der Waals surface area contributed by atoms with Crippen LogP contribution in [0.15, 0.2) is 61.1 Å². The molecule has 0 bridgehead atoms. The summed E-state index contributed by atoms with van der Waals surface area (Å²) in [5.74, 6) is -0.936. The zero-order valence-corrected chi connectivity index (χ0v) is 14.1. The minimum atomic E-state index is -0.936. The van der Waals surface area contributed by atoms with Crippen LogP contribution in [0.1, 0.15) is 34.5 Å². The fourth-order valence-electron chi connectivity index (χ4n) is 2.60. The Morgan fingerprint density at radius 1 is 1.16 bits per heavy atom. The number of carboxylic acids is 1. The summed E-state index contributed by atoms with van der Waals surface area (Å²) in [5, 5.41) is 12.5. The fourth-order valence-corrected chi connectivity index (χ4v) is 2.60. The monoisotopic (exact) mass is 333 g/mol. The molecule has 0 radical (unpaired) electrons. The van der Waals surface area contributed by atoms with Crippen molar-refractivity contribution in [2.45, 2.75) is 19.9 Å². The third kappa shape index (κ3) is 3.83. The minimum absolute atomic E-state index is 0.0288. The van der Waals surface area contributed by atoms with Crippen molar-refractivity contribution >= 4 is 11.7 Å². The van der Waals surface area contributed by atoms with Gasteiger partial charge in [-0.1, -0.05) is 12.1 Å². The largest absolute Gasteiger partial charge is 0.478 e. The Morgan fingerprint density at radius 2 is 2.00 bits per heavy atom. The van der Waals surface area contributed by atoms with E-state index in [2.05, 4.69) is 15.3 Å². The van der Waals surface area contributed by atoms with E-state index in [0.717, 1.165) is 28.1 Å². The molecule has 2 aromatic heterocycles. The summed E-state index contributed by atoms with van der Waals surface area (Å²) in [5.41, 5.74) is 4.88. The fraction of sp³-hybridized carbons (Fsp3) is 0.150. The van der Waals surface area contributed by atoms with Crippen molar-refractivity contribution in [2.24, 2.45) is 0 Å². The van der Waals surface area contributed by atoms with Crippen LogP contribution >= 0.6 is 0 Å². The molecule has 5 heteroatoms. The van der Waals surface area contributed by atoms with Gasteiger partial charge in [-0.2, -0.15) is 0 Å². The predicted molar refractivity (Wildman–Crippen MR) is 97.6 cm³/mol. The molecule has 0 aliphatic carbocycles. The van der Waals surface area contributed by atoms with Gasteiger partial charge in [-0.3, -0.25) is 9.97 Å². The molecule has 0 aliphatic heterocycles. The van der Waals surface area contributed by atoms with Gasteiger partial charge < -0.3 is 10.4 Å². The minimum Gasteiger partial charge on any atom is -0.478 e. The molecule has 1 unspecified atom stereocenters. The number of hydrogen-bond acceptors (Lipinski definition) is 4. The van der Waals surface area contributed by atoms with Crippen molar-refractivity contribution in [2.75, 3.05) is 5.32 Å². The number of nitrogens with one attached hydrogen (secondary N) is 1. The number of aryl methyl sites for hydroxylation is 1. The number of aromatic carboxylic acids is 1. The van der Waals surface area contributed by atoms with E-state index in [1.54, 1.807) is 36.8 Å². The number of nitrogens with zero attached hydrogens (tertiary/aromatic N) is 2. The summed E-state index contributed by atoms with van der Waals surface area (Å²) in [4.78, 5) is 19.8. The van der Waals surface area contributed by atoms with Gasteiger partial charge in [0.15, 0.2) is 0 Å². The molecule has 0 saturated heterocycles. The number of aromatic nitrogens is 2. The first kappa shape index (κ1) is 16.6. The van der Waals surface area contributed by atoms with Crippen LogP contribution in [0.3, 0.4) is 0 Å². The second-order valence-electron chi connectivity index (χ2n) is 5.92. The molecular weight excluding hydrogens is 314 g/mol. The second kappa shape index (κ2) is 7.13. The maximum absolute atomic E-state index is 11.2. The van der Waals surface area contributed by atoms with Crippen molar-refractivity contribution < 1.29 is 9.90 Å². The van der Waals surface area contributed by atoms with Crippen LogP contribution in [-0.2, 0) is 0 Å². The van der Waals surface area contributed by atoms with Crippen LogP contribution in [-0.4, -0.2) is 21.0 Å². The standard InChI is InChI=1S/C20H19N3O2/c1-13-6-7-15(20(24)25)10-19(13)23-14(2)16-9-17(12-21-11-16)18-5-3-4-8-22-18/h3-12,14,23H,1-2H3,(H,24,25). The zero-order valence-electron chi connectivity index (χ0n) is 14.1. The molecule has 5 nitrogen and oxygen atoms in total. The lowest BCUT2D eigenvalue weighted by Crippen LogP contribution is -2.09. The second-order valence-corrected chi connectivity index (χ2v) is 5.92. The maximum Gasteiger partial charge on any atom is 0.335 e. The molecule has 0 saturated carbocycles. The Balaban J connectivity index is 1.86. The quantitative estimate of drug-likeness (QED) is 0.727. The molecule has 3 rings (SSSR count). The van der Waals surface area contributed by atoms with E-state index in [9.17, 15) is 4.79 Å². The molecule has 126 valence electrons. The van der Waals surface area contributed by atoms with E-state index in [1.165, 1.54) is 0 Å². The van der Waals surface area contributed by atoms with E-state index < -0.39 is 5.97 Å². The van der Waals surface area contributed by atoms with Crippen LogP contribution in [0.4, 0.5) is 5.69 Å². The van der Waals surface area contributed by atoms with Crippen molar-refractivity contribution in [1.82, 2.24) is 9.97 Å². The smallest absolute Gasteiger partial charge is 0.335 e. The first-order chi connectivity index (χ1) is 12.0. The summed E-state index contributed by atoms with van der Waals surface area (Å²) in [6.45, 7) is 3.97. The molecule has 0 aliphatic rings. The number of pyridine rings is 2. The Hall–Kier alpha value is -3.21. The summed E-state index contributed by atoms with van der Waals surface area (Å²) in [6.07, 6.45) is 5.35. The number of anilines is 1. The average molecular weight is 333 g/mol. The van der Waals surface area contributed by atoms with Gasteiger partial charge in [-0.05, 0) is 55.3 Å². The average Bonchev–Trinajstić information content (AvgIpc) is 2.64. The first-order valence-corrected chi connectivity index (χ1v) is 8.01. The van der Waals surface area contributed by atoms with Gasteiger partial charge in [0.1, 0.15) is 0 Å². The lowest BCUT2D eigenvalue weighted by atomic mass is 10.0. The van der Waals surface area contributed by atoms with Gasteiger partial charge >= 0.3 is 5.97 Å². The third-order valence-corrected chi connectivity index (χ3v) is 4.08. The Morgan fingerprint density at radius 3 is 2.72 bits per heavy atom. The van der Waals surface area contributed by atoms with Crippen molar-refractivity contribution in [3.63, 3.8) is 0 Å². The summed E-state index contributed by atoms with van der Waals surface area (Å²) >= 11 is 0.